The van der Waals surface area contributed by atoms with Gasteiger partial charge in [0.15, 0.2) is 5.78 Å². The highest BCUT2D eigenvalue weighted by atomic mass is 35.5. The van der Waals surface area contributed by atoms with Crippen LogP contribution < -0.4 is 0 Å². The summed E-state index contributed by atoms with van der Waals surface area (Å²) in [4.78, 5) is 11.0. The van der Waals surface area contributed by atoms with Crippen molar-refractivity contribution in [1.82, 2.24) is 0 Å². The maximum Gasteiger partial charge on any atom is 0.151 e. The van der Waals surface area contributed by atoms with Crippen molar-refractivity contribution in [2.24, 2.45) is 0 Å². The predicted molar refractivity (Wildman–Crippen MR) is 55.7 cm³/mol. The first kappa shape index (κ1) is 11.5. The number of rotatable bonds is 4. The van der Waals surface area contributed by atoms with Gasteiger partial charge >= 0.3 is 0 Å². The van der Waals surface area contributed by atoms with E-state index >= 15 is 0 Å². The Morgan fingerprint density at radius 3 is 2.64 bits per heavy atom. The van der Waals surface area contributed by atoms with Gasteiger partial charge in [0.25, 0.3) is 0 Å². The fourth-order valence-corrected chi connectivity index (χ4v) is 1.44. The molecule has 0 aliphatic rings. The van der Waals surface area contributed by atoms with Gasteiger partial charge in [0.1, 0.15) is 6.67 Å². The van der Waals surface area contributed by atoms with Crippen LogP contribution >= 0.6 is 23.2 Å². The number of benzene rings is 1. The monoisotopic (exact) mass is 234 g/mol. The van der Waals surface area contributed by atoms with Gasteiger partial charge < -0.3 is 0 Å². The summed E-state index contributed by atoms with van der Waals surface area (Å²) in [7, 11) is 0. The van der Waals surface area contributed by atoms with E-state index in [4.69, 9.17) is 23.2 Å². The normalized spacial score (nSPS) is 10.2. The fraction of sp³-hybridized carbons (Fsp3) is 0.300. The lowest BCUT2D eigenvalue weighted by molar-refractivity contribution is -0.116. The maximum atomic E-state index is 12.5. The summed E-state index contributed by atoms with van der Waals surface area (Å²) < 4.78 is 12.5. The topological polar surface area (TPSA) is 17.1 Å². The van der Waals surface area contributed by atoms with Gasteiger partial charge in [-0.15, -0.1) is 11.6 Å². The number of carbonyl (C=O) groups excluding carboxylic acids is 1. The Bertz CT molecular complexity index is 339. The predicted octanol–water partition coefficient (Wildman–Crippen LogP) is 3.16. The summed E-state index contributed by atoms with van der Waals surface area (Å²) in [6.45, 7) is -0.620. The van der Waals surface area contributed by atoms with Crippen molar-refractivity contribution in [3.05, 3.63) is 34.3 Å². The minimum Gasteiger partial charge on any atom is -0.298 e. The minimum absolute atomic E-state index is 0.0473. The Labute approximate surface area is 91.8 Å². The number of hydrogen-bond acceptors (Lipinski definition) is 1. The molecular weight excluding hydrogens is 226 g/mol. The van der Waals surface area contributed by atoms with Crippen molar-refractivity contribution in [3.8, 4) is 0 Å². The highest BCUT2D eigenvalue weighted by molar-refractivity contribution is 6.30. The van der Waals surface area contributed by atoms with E-state index in [-0.39, 0.29) is 18.1 Å². The van der Waals surface area contributed by atoms with E-state index < -0.39 is 6.67 Å². The van der Waals surface area contributed by atoms with Crippen LogP contribution in [0.3, 0.4) is 0 Å². The second kappa shape index (κ2) is 5.32. The zero-order chi connectivity index (χ0) is 10.6. The van der Waals surface area contributed by atoms with Crippen LogP contribution in [0.2, 0.25) is 5.02 Å². The molecule has 76 valence electrons. The lowest BCUT2D eigenvalue weighted by Gasteiger charge is -2.05. The molecule has 1 nitrogen and oxygen atoms in total. The van der Waals surface area contributed by atoms with E-state index in [1.54, 1.807) is 12.1 Å². The molecule has 0 aliphatic heterocycles. The zero-order valence-corrected chi connectivity index (χ0v) is 8.91. The van der Waals surface area contributed by atoms with E-state index in [9.17, 15) is 9.18 Å². The van der Waals surface area contributed by atoms with Crippen molar-refractivity contribution in [2.45, 2.75) is 13.1 Å². The summed E-state index contributed by atoms with van der Waals surface area (Å²) in [5.74, 6) is -0.169. The SMILES string of the molecule is O=C(CCl)Cc1ccc(Cl)cc1CF. The van der Waals surface area contributed by atoms with Gasteiger partial charge in [-0.2, -0.15) is 0 Å². The van der Waals surface area contributed by atoms with Crippen molar-refractivity contribution in [1.29, 1.82) is 0 Å². The second-order valence-corrected chi connectivity index (χ2v) is 3.60. The van der Waals surface area contributed by atoms with Crippen molar-refractivity contribution >= 4 is 29.0 Å². The van der Waals surface area contributed by atoms with Crippen LogP contribution in [0.5, 0.6) is 0 Å². The highest BCUT2D eigenvalue weighted by Gasteiger charge is 2.07. The molecular formula is C10H9Cl2FO. The summed E-state index contributed by atoms with van der Waals surface area (Å²) in [5, 5.41) is 0.472. The fourth-order valence-electron chi connectivity index (χ4n) is 1.15. The van der Waals surface area contributed by atoms with Crippen LogP contribution in [-0.4, -0.2) is 11.7 Å². The van der Waals surface area contributed by atoms with Crippen LogP contribution in [0.25, 0.3) is 0 Å². The Morgan fingerprint density at radius 2 is 2.07 bits per heavy atom. The smallest absolute Gasteiger partial charge is 0.151 e. The van der Waals surface area contributed by atoms with Crippen LogP contribution in [0, 0.1) is 0 Å². The number of hydrogen-bond donors (Lipinski definition) is 0. The van der Waals surface area contributed by atoms with Crippen LogP contribution in [0.1, 0.15) is 11.1 Å². The summed E-state index contributed by atoms with van der Waals surface area (Å²) in [6, 6.07) is 4.82. The third-order valence-electron chi connectivity index (χ3n) is 1.85. The first-order valence-corrected chi connectivity index (χ1v) is 4.99. The largest absolute Gasteiger partial charge is 0.298 e. The van der Waals surface area contributed by atoms with Crippen molar-refractivity contribution in [3.63, 3.8) is 0 Å². The highest BCUT2D eigenvalue weighted by Crippen LogP contribution is 2.18. The van der Waals surface area contributed by atoms with E-state index in [2.05, 4.69) is 0 Å². The molecule has 1 aromatic rings. The number of Topliss-reactive ketones (excluding diaryl/α,β-unsaturated/α-hetero) is 1. The molecule has 0 atom stereocenters. The standard InChI is InChI=1S/C10H9Cl2FO/c11-5-10(14)4-7-1-2-9(12)3-8(7)6-13/h1-3H,4-6H2. The third-order valence-corrected chi connectivity index (χ3v) is 2.38. The number of halogens is 3. The molecule has 0 fully saturated rings. The molecule has 0 saturated heterocycles. The summed E-state index contributed by atoms with van der Waals surface area (Å²) in [6.07, 6.45) is 0.167. The number of carbonyl (C=O) groups is 1. The maximum absolute atomic E-state index is 12.5. The van der Waals surface area contributed by atoms with E-state index in [1.165, 1.54) is 6.07 Å². The van der Waals surface area contributed by atoms with E-state index in [0.29, 0.717) is 16.1 Å². The minimum atomic E-state index is -0.620. The molecule has 0 spiro atoms. The first-order valence-electron chi connectivity index (χ1n) is 4.08. The molecule has 1 aromatic carbocycles. The lowest BCUT2D eigenvalue weighted by Crippen LogP contribution is -2.05. The average Bonchev–Trinajstić information content (AvgIpc) is 2.20. The Hall–Kier alpha value is -0.600. The molecule has 0 N–H and O–H groups in total. The molecule has 0 radical (unpaired) electrons. The van der Waals surface area contributed by atoms with Crippen LogP contribution in [-0.2, 0) is 17.9 Å². The molecule has 14 heavy (non-hydrogen) atoms. The Kier molecular flexibility index (Phi) is 4.36. The molecule has 4 heteroatoms. The van der Waals surface area contributed by atoms with Crippen LogP contribution in [0.4, 0.5) is 4.39 Å². The Morgan fingerprint density at radius 1 is 1.36 bits per heavy atom. The van der Waals surface area contributed by atoms with E-state index in [1.807, 2.05) is 0 Å². The average molecular weight is 235 g/mol. The first-order chi connectivity index (χ1) is 6.67. The number of ketones is 1. The molecule has 1 rings (SSSR count). The summed E-state index contributed by atoms with van der Waals surface area (Å²) >= 11 is 11.0. The van der Waals surface area contributed by atoms with Gasteiger partial charge in [-0.25, -0.2) is 4.39 Å². The van der Waals surface area contributed by atoms with Gasteiger partial charge in [0, 0.05) is 11.4 Å². The molecule has 0 aromatic heterocycles. The molecule has 0 unspecified atom stereocenters. The lowest BCUT2D eigenvalue weighted by atomic mass is 10.0. The molecule has 0 aliphatic carbocycles. The number of alkyl halides is 2. The van der Waals surface area contributed by atoms with E-state index in [0.717, 1.165) is 0 Å². The Balaban J connectivity index is 2.90. The van der Waals surface area contributed by atoms with Gasteiger partial charge in [0.2, 0.25) is 0 Å². The molecule has 0 bridgehead atoms. The molecule has 0 heterocycles. The second-order valence-electron chi connectivity index (χ2n) is 2.90. The van der Waals surface area contributed by atoms with Gasteiger partial charge in [-0.3, -0.25) is 4.79 Å². The summed E-state index contributed by atoms with van der Waals surface area (Å²) in [5.41, 5.74) is 1.11. The quantitative estimate of drug-likeness (QED) is 0.732. The van der Waals surface area contributed by atoms with Gasteiger partial charge in [-0.1, -0.05) is 17.7 Å². The molecule has 0 amide bonds. The van der Waals surface area contributed by atoms with Crippen molar-refractivity contribution in [2.75, 3.05) is 5.88 Å². The third kappa shape index (κ3) is 2.96. The van der Waals surface area contributed by atoms with Crippen molar-refractivity contribution < 1.29 is 9.18 Å². The van der Waals surface area contributed by atoms with Gasteiger partial charge in [0.05, 0.1) is 5.88 Å². The zero-order valence-electron chi connectivity index (χ0n) is 7.40. The van der Waals surface area contributed by atoms with Crippen LogP contribution in [0.15, 0.2) is 18.2 Å². The van der Waals surface area contributed by atoms with Gasteiger partial charge in [-0.05, 0) is 23.3 Å². The molecule has 0 saturated carbocycles.